The van der Waals surface area contributed by atoms with Gasteiger partial charge in [-0.3, -0.25) is 0 Å². The van der Waals surface area contributed by atoms with Gasteiger partial charge in [-0.15, -0.1) is 0 Å². The molecule has 1 aromatic heterocycles. The van der Waals surface area contributed by atoms with E-state index in [4.69, 9.17) is 22.3 Å². The Hall–Kier alpha value is -0.360. The van der Waals surface area contributed by atoms with Gasteiger partial charge in [-0.25, -0.2) is 8.42 Å². The molecule has 74 valence electrons. The first-order valence-corrected chi connectivity index (χ1v) is 6.94. The highest BCUT2D eigenvalue weighted by Crippen LogP contribution is 2.29. The van der Waals surface area contributed by atoms with E-state index in [1.807, 2.05) is 0 Å². The van der Waals surface area contributed by atoms with E-state index in [-0.39, 0.29) is 4.90 Å². The van der Waals surface area contributed by atoms with Crippen LogP contribution in [0.25, 0.3) is 10.1 Å². The van der Waals surface area contributed by atoms with Crippen molar-refractivity contribution in [1.82, 2.24) is 4.37 Å². The van der Waals surface area contributed by atoms with Crippen molar-refractivity contribution in [3.8, 4) is 0 Å². The predicted molar refractivity (Wildman–Crippen MR) is 57.7 cm³/mol. The van der Waals surface area contributed by atoms with Crippen LogP contribution in [-0.2, 0) is 9.05 Å². The Kier molecular flexibility index (Phi) is 2.43. The molecular formula is C7H3Cl2NO2S2. The standard InChI is InChI=1S/C7H3Cl2NO2S2/c8-7-5-3-4(14(9,11)12)1-2-6(5)13-10-7/h1-3H. The summed E-state index contributed by atoms with van der Waals surface area (Å²) in [7, 11) is 1.49. The number of halogens is 2. The normalized spacial score (nSPS) is 12.1. The highest BCUT2D eigenvalue weighted by molar-refractivity contribution is 8.13. The lowest BCUT2D eigenvalue weighted by atomic mass is 10.3. The molecule has 0 radical (unpaired) electrons. The second-order valence-electron chi connectivity index (χ2n) is 2.57. The summed E-state index contributed by atoms with van der Waals surface area (Å²) in [6, 6.07) is 4.48. The highest BCUT2D eigenvalue weighted by Gasteiger charge is 2.12. The number of aromatic nitrogens is 1. The molecule has 0 aliphatic carbocycles. The second kappa shape index (κ2) is 3.34. The lowest BCUT2D eigenvalue weighted by Crippen LogP contribution is -1.88. The van der Waals surface area contributed by atoms with Crippen molar-refractivity contribution >= 4 is 53.0 Å². The zero-order valence-corrected chi connectivity index (χ0v) is 9.71. The quantitative estimate of drug-likeness (QED) is 0.747. The lowest BCUT2D eigenvalue weighted by Gasteiger charge is -1.95. The summed E-state index contributed by atoms with van der Waals surface area (Å²) < 4.78 is 26.8. The lowest BCUT2D eigenvalue weighted by molar-refractivity contribution is 0.609. The summed E-state index contributed by atoms with van der Waals surface area (Å²) in [5.74, 6) is 0. The molecule has 0 bridgehead atoms. The third kappa shape index (κ3) is 1.72. The molecule has 0 aliphatic rings. The minimum atomic E-state index is -3.70. The number of benzene rings is 1. The Morgan fingerprint density at radius 2 is 2.07 bits per heavy atom. The maximum Gasteiger partial charge on any atom is 0.261 e. The summed E-state index contributed by atoms with van der Waals surface area (Å²) in [6.45, 7) is 0. The third-order valence-electron chi connectivity index (χ3n) is 1.68. The Balaban J connectivity index is 2.79. The molecule has 1 aromatic carbocycles. The van der Waals surface area contributed by atoms with Crippen LogP contribution in [0.15, 0.2) is 23.1 Å². The van der Waals surface area contributed by atoms with Crippen LogP contribution in [0.5, 0.6) is 0 Å². The average molecular weight is 268 g/mol. The van der Waals surface area contributed by atoms with E-state index >= 15 is 0 Å². The van der Waals surface area contributed by atoms with Crippen LogP contribution in [0.4, 0.5) is 0 Å². The number of hydrogen-bond acceptors (Lipinski definition) is 4. The van der Waals surface area contributed by atoms with Gasteiger partial charge in [0.1, 0.15) is 0 Å². The van der Waals surface area contributed by atoms with Gasteiger partial charge in [0.2, 0.25) is 0 Å². The van der Waals surface area contributed by atoms with E-state index in [1.54, 1.807) is 6.07 Å². The zero-order valence-electron chi connectivity index (χ0n) is 6.57. The molecule has 0 saturated heterocycles. The van der Waals surface area contributed by atoms with Crippen LogP contribution in [0.3, 0.4) is 0 Å². The molecule has 0 atom stereocenters. The first-order chi connectivity index (χ1) is 6.48. The van der Waals surface area contributed by atoms with Crippen molar-refractivity contribution in [2.45, 2.75) is 4.90 Å². The fraction of sp³-hybridized carbons (Fsp3) is 0. The average Bonchev–Trinajstić information content (AvgIpc) is 2.46. The van der Waals surface area contributed by atoms with Gasteiger partial charge in [0.05, 0.1) is 9.60 Å². The molecule has 3 nitrogen and oxygen atoms in total. The van der Waals surface area contributed by atoms with Gasteiger partial charge in [0.15, 0.2) is 5.15 Å². The molecule has 7 heteroatoms. The van der Waals surface area contributed by atoms with Gasteiger partial charge in [0, 0.05) is 16.1 Å². The maximum absolute atomic E-state index is 11.0. The molecule has 2 rings (SSSR count). The van der Waals surface area contributed by atoms with Gasteiger partial charge in [0.25, 0.3) is 9.05 Å². The topological polar surface area (TPSA) is 47.0 Å². The van der Waals surface area contributed by atoms with Crippen LogP contribution in [0.2, 0.25) is 5.15 Å². The summed E-state index contributed by atoms with van der Waals surface area (Å²) in [6.07, 6.45) is 0. The van der Waals surface area contributed by atoms with E-state index in [0.717, 1.165) is 4.70 Å². The van der Waals surface area contributed by atoms with E-state index < -0.39 is 9.05 Å². The van der Waals surface area contributed by atoms with E-state index in [9.17, 15) is 8.42 Å². The summed E-state index contributed by atoms with van der Waals surface area (Å²) in [5, 5.41) is 0.908. The number of fused-ring (bicyclic) bond motifs is 1. The first kappa shape index (κ1) is 10.2. The number of hydrogen-bond donors (Lipinski definition) is 0. The molecule has 2 aromatic rings. The van der Waals surface area contributed by atoms with Crippen LogP contribution < -0.4 is 0 Å². The SMILES string of the molecule is O=S(=O)(Cl)c1ccc2snc(Cl)c2c1. The monoisotopic (exact) mass is 267 g/mol. The molecule has 0 unspecified atom stereocenters. The summed E-state index contributed by atoms with van der Waals surface area (Å²) >= 11 is 6.97. The minimum Gasteiger partial charge on any atom is -0.207 e. The molecule has 0 saturated carbocycles. The van der Waals surface area contributed by atoms with Crippen LogP contribution in [0.1, 0.15) is 0 Å². The Labute approximate surface area is 93.8 Å². The van der Waals surface area contributed by atoms with Gasteiger partial charge in [-0.05, 0) is 29.7 Å². The van der Waals surface area contributed by atoms with Crippen molar-refractivity contribution in [3.63, 3.8) is 0 Å². The minimum absolute atomic E-state index is 0.0359. The fourth-order valence-electron chi connectivity index (χ4n) is 1.04. The van der Waals surface area contributed by atoms with Crippen LogP contribution in [-0.4, -0.2) is 12.8 Å². The maximum atomic E-state index is 11.0. The van der Waals surface area contributed by atoms with E-state index in [0.29, 0.717) is 10.5 Å². The van der Waals surface area contributed by atoms with Crippen molar-refractivity contribution in [2.24, 2.45) is 0 Å². The number of nitrogens with zero attached hydrogens (tertiary/aromatic N) is 1. The Morgan fingerprint density at radius 3 is 2.71 bits per heavy atom. The molecule has 0 amide bonds. The molecule has 14 heavy (non-hydrogen) atoms. The predicted octanol–water partition coefficient (Wildman–Crippen LogP) is 2.88. The second-order valence-corrected chi connectivity index (χ2v) is 6.30. The highest BCUT2D eigenvalue weighted by atomic mass is 35.7. The van der Waals surface area contributed by atoms with Gasteiger partial charge in [-0.2, -0.15) is 4.37 Å². The molecule has 0 fully saturated rings. The van der Waals surface area contributed by atoms with Gasteiger partial charge < -0.3 is 0 Å². The van der Waals surface area contributed by atoms with Crippen molar-refractivity contribution in [3.05, 3.63) is 23.4 Å². The Morgan fingerprint density at radius 1 is 1.36 bits per heavy atom. The van der Waals surface area contributed by atoms with Crippen molar-refractivity contribution in [1.29, 1.82) is 0 Å². The Bertz CT molecular complexity index is 591. The van der Waals surface area contributed by atoms with Crippen molar-refractivity contribution in [2.75, 3.05) is 0 Å². The summed E-state index contributed by atoms with van der Waals surface area (Å²) in [5.41, 5.74) is 0. The van der Waals surface area contributed by atoms with Crippen molar-refractivity contribution < 1.29 is 8.42 Å². The molecule has 0 aliphatic heterocycles. The molecule has 1 heterocycles. The largest absolute Gasteiger partial charge is 0.261 e. The molecule has 0 N–H and O–H groups in total. The van der Waals surface area contributed by atoms with E-state index in [1.165, 1.54) is 23.7 Å². The third-order valence-corrected chi connectivity index (χ3v) is 4.25. The van der Waals surface area contributed by atoms with Gasteiger partial charge >= 0.3 is 0 Å². The number of rotatable bonds is 1. The zero-order chi connectivity index (χ0) is 10.3. The van der Waals surface area contributed by atoms with Crippen LogP contribution in [0, 0.1) is 0 Å². The molecule has 0 spiro atoms. The fourth-order valence-corrected chi connectivity index (χ4v) is 2.79. The first-order valence-electron chi connectivity index (χ1n) is 3.48. The molecular weight excluding hydrogens is 265 g/mol. The summed E-state index contributed by atoms with van der Waals surface area (Å²) in [4.78, 5) is 0.0359. The smallest absolute Gasteiger partial charge is 0.207 e. The van der Waals surface area contributed by atoms with Crippen LogP contribution >= 0.6 is 33.8 Å². The van der Waals surface area contributed by atoms with E-state index in [2.05, 4.69) is 4.37 Å². The van der Waals surface area contributed by atoms with Gasteiger partial charge in [-0.1, -0.05) is 11.6 Å².